The molecule has 0 fully saturated rings. The summed E-state index contributed by atoms with van der Waals surface area (Å²) in [6.07, 6.45) is 0. The summed E-state index contributed by atoms with van der Waals surface area (Å²) in [6.45, 7) is 4.73. The molecule has 0 N–H and O–H groups in total. The van der Waals surface area contributed by atoms with Crippen molar-refractivity contribution in [3.63, 3.8) is 0 Å². The first-order valence-corrected chi connectivity index (χ1v) is 16.7. The number of hydrogen-bond acceptors (Lipinski definition) is 3. The summed E-state index contributed by atoms with van der Waals surface area (Å²) in [5.41, 5.74) is 10.3. The van der Waals surface area contributed by atoms with Crippen LogP contribution < -0.4 is 4.90 Å². The molecular weight excluding hydrogens is 579 g/mol. The van der Waals surface area contributed by atoms with Crippen LogP contribution in [0.5, 0.6) is 0 Å². The predicted molar refractivity (Wildman–Crippen MR) is 196 cm³/mol. The second kappa shape index (κ2) is 9.32. The van der Waals surface area contributed by atoms with E-state index in [0.29, 0.717) is 0 Å². The molecule has 3 heteroatoms. The number of anilines is 3. The summed E-state index contributed by atoms with van der Waals surface area (Å²) in [5, 5.41) is 7.52. The zero-order valence-corrected chi connectivity index (χ0v) is 26.4. The summed E-state index contributed by atoms with van der Waals surface area (Å²) in [7, 11) is 0. The van der Waals surface area contributed by atoms with Crippen molar-refractivity contribution < 1.29 is 4.42 Å². The molecule has 7 aromatic carbocycles. The average Bonchev–Trinajstić information content (AvgIpc) is 3.73. The van der Waals surface area contributed by atoms with E-state index in [4.69, 9.17) is 4.42 Å². The minimum atomic E-state index is -0.192. The minimum Gasteiger partial charge on any atom is -0.455 e. The van der Waals surface area contributed by atoms with Gasteiger partial charge in [0.1, 0.15) is 11.2 Å². The van der Waals surface area contributed by atoms with Gasteiger partial charge in [0.2, 0.25) is 0 Å². The molecule has 218 valence electrons. The van der Waals surface area contributed by atoms with Gasteiger partial charge in [0, 0.05) is 59.0 Å². The number of fused-ring (bicyclic) bond motifs is 13. The Labute approximate surface area is 270 Å². The average molecular weight is 608 g/mol. The molecule has 0 amide bonds. The molecule has 0 radical (unpaired) electrons. The normalized spacial score (nSPS) is 13.6. The van der Waals surface area contributed by atoms with Crippen LogP contribution in [0.4, 0.5) is 17.1 Å². The third kappa shape index (κ3) is 3.46. The molecule has 9 aromatic rings. The SMILES string of the molecule is CC1(C)c2ccc(N(c3ccccc3)c3ccc4sc5ccccc5c4c3)cc2-c2c1c1ccccc1c1c2oc2ccccc21. The van der Waals surface area contributed by atoms with Crippen molar-refractivity contribution in [3.8, 4) is 11.1 Å². The lowest BCUT2D eigenvalue weighted by Crippen LogP contribution is -2.16. The van der Waals surface area contributed by atoms with Gasteiger partial charge in [-0.3, -0.25) is 0 Å². The standard InChI is InChI=1S/C43H29NOS/c1-43(2)35-22-20-27(44(26-12-4-3-5-13-26)28-21-23-38-33(24-28)29-14-9-11-19-37(29)46-38)25-34(35)40-41(43)31-16-7-6-15-30(31)39-32-17-8-10-18-36(32)45-42(39)40/h3-25H,1-2H3. The van der Waals surface area contributed by atoms with Crippen LogP contribution in [0.1, 0.15) is 25.0 Å². The molecule has 0 spiro atoms. The van der Waals surface area contributed by atoms with Crippen molar-refractivity contribution in [2.24, 2.45) is 0 Å². The van der Waals surface area contributed by atoms with Crippen LogP contribution in [-0.2, 0) is 5.41 Å². The lowest BCUT2D eigenvalue weighted by Gasteiger charge is -2.27. The Bertz CT molecular complexity index is 2680. The first-order chi connectivity index (χ1) is 22.6. The van der Waals surface area contributed by atoms with Crippen LogP contribution in [0.3, 0.4) is 0 Å². The first kappa shape index (κ1) is 25.9. The fraction of sp³-hybridized carbons (Fsp3) is 0.0698. The van der Waals surface area contributed by atoms with Gasteiger partial charge in [0.15, 0.2) is 0 Å². The summed E-state index contributed by atoms with van der Waals surface area (Å²) in [4.78, 5) is 2.40. The van der Waals surface area contributed by atoms with E-state index >= 15 is 0 Å². The largest absolute Gasteiger partial charge is 0.455 e. The van der Waals surface area contributed by atoms with Crippen LogP contribution in [0.25, 0.3) is 64.0 Å². The van der Waals surface area contributed by atoms with E-state index in [2.05, 4.69) is 158 Å². The highest BCUT2D eigenvalue weighted by Crippen LogP contribution is 2.57. The molecule has 0 saturated heterocycles. The van der Waals surface area contributed by atoms with Gasteiger partial charge >= 0.3 is 0 Å². The molecule has 46 heavy (non-hydrogen) atoms. The summed E-state index contributed by atoms with van der Waals surface area (Å²) < 4.78 is 9.42. The molecule has 2 aromatic heterocycles. The molecule has 0 aliphatic heterocycles. The molecule has 2 heterocycles. The molecule has 1 aliphatic carbocycles. The first-order valence-electron chi connectivity index (χ1n) is 15.9. The van der Waals surface area contributed by atoms with Crippen molar-refractivity contribution in [2.75, 3.05) is 4.90 Å². The van der Waals surface area contributed by atoms with Crippen molar-refractivity contribution in [1.29, 1.82) is 0 Å². The Morgan fingerprint density at radius 2 is 1.20 bits per heavy atom. The van der Waals surface area contributed by atoms with Crippen molar-refractivity contribution in [3.05, 3.63) is 151 Å². The lowest BCUT2D eigenvalue weighted by atomic mass is 9.79. The minimum absolute atomic E-state index is 0.192. The van der Waals surface area contributed by atoms with E-state index in [9.17, 15) is 0 Å². The van der Waals surface area contributed by atoms with E-state index in [1.807, 2.05) is 11.3 Å². The van der Waals surface area contributed by atoms with Gasteiger partial charge in [0.25, 0.3) is 0 Å². The molecule has 0 atom stereocenters. The number of thiophene rings is 1. The van der Waals surface area contributed by atoms with E-state index < -0.39 is 0 Å². The monoisotopic (exact) mass is 607 g/mol. The maximum absolute atomic E-state index is 6.79. The van der Waals surface area contributed by atoms with Crippen molar-refractivity contribution >= 4 is 81.3 Å². The Balaban J connectivity index is 1.27. The zero-order chi connectivity index (χ0) is 30.6. The molecule has 1 aliphatic rings. The highest BCUT2D eigenvalue weighted by molar-refractivity contribution is 7.25. The predicted octanol–water partition coefficient (Wildman–Crippen LogP) is 12.9. The van der Waals surface area contributed by atoms with Crippen LogP contribution in [0, 0.1) is 0 Å². The second-order valence-corrected chi connectivity index (χ2v) is 14.0. The molecular formula is C43H29NOS. The van der Waals surface area contributed by atoms with Gasteiger partial charge in [0.05, 0.1) is 0 Å². The number of rotatable bonds is 3. The number of hydrogen-bond donors (Lipinski definition) is 0. The molecule has 0 saturated carbocycles. The number of benzene rings is 7. The van der Waals surface area contributed by atoms with Crippen LogP contribution in [-0.4, -0.2) is 0 Å². The van der Waals surface area contributed by atoms with Gasteiger partial charge in [-0.05, 0) is 82.1 Å². The van der Waals surface area contributed by atoms with Crippen LogP contribution >= 0.6 is 11.3 Å². The van der Waals surface area contributed by atoms with Crippen LogP contribution in [0.2, 0.25) is 0 Å². The molecule has 0 bridgehead atoms. The fourth-order valence-corrected chi connectivity index (χ4v) is 9.08. The Morgan fingerprint density at radius 1 is 0.543 bits per heavy atom. The Hall–Kier alpha value is -5.38. The van der Waals surface area contributed by atoms with Gasteiger partial charge < -0.3 is 9.32 Å². The Kier molecular flexibility index (Phi) is 5.25. The number of furan rings is 1. The summed E-state index contributed by atoms with van der Waals surface area (Å²) in [6, 6.07) is 50.7. The van der Waals surface area contributed by atoms with E-state index in [1.165, 1.54) is 64.0 Å². The molecule has 0 unspecified atom stereocenters. The number of nitrogens with zero attached hydrogens (tertiary/aromatic N) is 1. The zero-order valence-electron chi connectivity index (χ0n) is 25.5. The van der Waals surface area contributed by atoms with Gasteiger partial charge in [-0.15, -0.1) is 11.3 Å². The maximum Gasteiger partial charge on any atom is 0.144 e. The smallest absolute Gasteiger partial charge is 0.144 e. The highest BCUT2D eigenvalue weighted by atomic mass is 32.1. The summed E-state index contributed by atoms with van der Waals surface area (Å²) in [5.74, 6) is 0. The van der Waals surface area contributed by atoms with Gasteiger partial charge in [-0.25, -0.2) is 0 Å². The summed E-state index contributed by atoms with van der Waals surface area (Å²) >= 11 is 1.86. The van der Waals surface area contributed by atoms with E-state index in [1.54, 1.807) is 0 Å². The molecule has 10 rings (SSSR count). The third-order valence-corrected chi connectivity index (χ3v) is 11.2. The van der Waals surface area contributed by atoms with E-state index in [0.717, 1.165) is 28.2 Å². The third-order valence-electron chi connectivity index (χ3n) is 10.0. The van der Waals surface area contributed by atoms with E-state index in [-0.39, 0.29) is 5.41 Å². The van der Waals surface area contributed by atoms with Crippen molar-refractivity contribution in [2.45, 2.75) is 19.3 Å². The Morgan fingerprint density at radius 3 is 2.04 bits per heavy atom. The quantitative estimate of drug-likeness (QED) is 0.199. The fourth-order valence-electron chi connectivity index (χ4n) is 8.00. The lowest BCUT2D eigenvalue weighted by molar-refractivity contribution is 0.657. The van der Waals surface area contributed by atoms with Crippen molar-refractivity contribution in [1.82, 2.24) is 0 Å². The van der Waals surface area contributed by atoms with Crippen LogP contribution in [0.15, 0.2) is 144 Å². The number of para-hydroxylation sites is 2. The highest BCUT2D eigenvalue weighted by Gasteiger charge is 2.40. The van der Waals surface area contributed by atoms with Gasteiger partial charge in [-0.1, -0.05) is 98.8 Å². The molecule has 2 nitrogen and oxygen atoms in total. The maximum atomic E-state index is 6.79. The van der Waals surface area contributed by atoms with Gasteiger partial charge in [-0.2, -0.15) is 0 Å². The second-order valence-electron chi connectivity index (χ2n) is 12.9. The topological polar surface area (TPSA) is 16.4 Å².